The number of methoxy groups -OCH3 is 2. The molecule has 12 nitrogen and oxygen atoms in total. The Balaban J connectivity index is 0.000000177. The number of hydrogen-bond acceptors (Lipinski definition) is 8. The van der Waals surface area contributed by atoms with E-state index in [-0.39, 0.29) is 64.8 Å². The molecule has 4 aliphatic heterocycles. The zero-order valence-electron chi connectivity index (χ0n) is 39.9. The Bertz CT molecular complexity index is 2620. The number of hydrazine groups is 1. The topological polar surface area (TPSA) is 133 Å². The first-order valence-corrected chi connectivity index (χ1v) is 23.9. The Morgan fingerprint density at radius 1 is 0.881 bits per heavy atom. The van der Waals surface area contributed by atoms with Crippen LogP contribution in [0.2, 0.25) is 0 Å². The Morgan fingerprint density at radius 2 is 1.58 bits per heavy atom. The lowest BCUT2D eigenvalue weighted by Gasteiger charge is -2.31. The second kappa shape index (κ2) is 17.7. The van der Waals surface area contributed by atoms with Crippen molar-refractivity contribution in [1.82, 2.24) is 15.2 Å². The Morgan fingerprint density at radius 3 is 2.27 bits per heavy atom. The summed E-state index contributed by atoms with van der Waals surface area (Å²) in [4.78, 5) is 63.7. The first-order chi connectivity index (χ1) is 31.9. The standard InChI is InChI=1S/C31H33F2N3O3.C22H30N3O3/c1-17(2)27(35-29(38)39-4)28(37)36-16-30(9-10-30)14-26(36)25-13-20(15-34-25)19-6-8-22-21-7-5-18(3)11-23(21)31(32,33)24(22)12-19;1-13(2)20(12-21(26)28-4)25(27)24-17-7-6-15(10-17)22(24)19-11-16-9-14(3)5-8-18(16)23-19/h5-8,11-12,15,17,26-27H,9-10,13-14,16H2,1-4H3,(H,35,38);5,8-9,13,15,17,20,22H,6-7,10-12H2,1-4H3/q;+1/t26?,27-;15-,17+,20-,22-/m00/s1. The van der Waals surface area contributed by atoms with Gasteiger partial charge < -0.3 is 19.7 Å². The van der Waals surface area contributed by atoms with Crippen molar-refractivity contribution in [3.8, 4) is 11.1 Å². The number of nitrogens with one attached hydrogen (secondary N) is 1. The molecule has 3 aliphatic carbocycles. The van der Waals surface area contributed by atoms with Crippen molar-refractivity contribution in [2.45, 2.75) is 135 Å². The maximum Gasteiger partial charge on any atom is 0.407 e. The number of benzene rings is 3. The third kappa shape index (κ3) is 8.58. The third-order valence-electron chi connectivity index (χ3n) is 15.5. The first-order valence-electron chi connectivity index (χ1n) is 23.9. The molecule has 3 aromatic rings. The molecule has 4 heterocycles. The van der Waals surface area contributed by atoms with Crippen molar-refractivity contribution in [3.63, 3.8) is 0 Å². The van der Waals surface area contributed by atoms with Crippen LogP contribution in [-0.4, -0.2) is 95.1 Å². The number of alkyl carbamates (subject to hydrolysis) is 1. The fourth-order valence-corrected chi connectivity index (χ4v) is 11.6. The minimum absolute atomic E-state index is 0.0261. The van der Waals surface area contributed by atoms with Crippen molar-refractivity contribution in [2.24, 2.45) is 33.2 Å². The van der Waals surface area contributed by atoms with Gasteiger partial charge in [-0.2, -0.15) is 8.78 Å². The van der Waals surface area contributed by atoms with E-state index in [1.807, 2.05) is 56.7 Å². The number of nitrogens with zero attached hydrogens (tertiary/aromatic N) is 5. The number of piperidine rings is 1. The van der Waals surface area contributed by atoms with E-state index in [0.717, 1.165) is 83.6 Å². The van der Waals surface area contributed by atoms with Gasteiger partial charge in [0.15, 0.2) is 0 Å². The van der Waals surface area contributed by atoms with Gasteiger partial charge >= 0.3 is 12.1 Å². The molecule has 14 heteroatoms. The number of allylic oxidation sites excluding steroid dienone is 1. The summed E-state index contributed by atoms with van der Waals surface area (Å²) in [6, 6.07) is 15.9. The molecule has 2 amide bonds. The molecule has 67 heavy (non-hydrogen) atoms. The van der Waals surface area contributed by atoms with Gasteiger partial charge in [0.25, 0.3) is 5.92 Å². The number of amides is 2. The fourth-order valence-electron chi connectivity index (χ4n) is 11.6. The molecular formula is C53H63F2N6O6+. The molecule has 2 saturated heterocycles. The van der Waals surface area contributed by atoms with Crippen LogP contribution < -0.4 is 5.32 Å². The number of carbonyl (C=O) groups excluding carboxylic acids is 3. The lowest BCUT2D eigenvalue weighted by atomic mass is 9.92. The highest BCUT2D eigenvalue weighted by atomic mass is 19.3. The number of aryl methyl sites for hydroxylation is 2. The highest BCUT2D eigenvalue weighted by Crippen LogP contribution is 2.56. The average molecular weight is 918 g/mol. The summed E-state index contributed by atoms with van der Waals surface area (Å²) in [6.07, 6.45) is 8.76. The van der Waals surface area contributed by atoms with Crippen molar-refractivity contribution in [2.75, 3.05) is 20.8 Å². The van der Waals surface area contributed by atoms with E-state index < -0.39 is 24.1 Å². The van der Waals surface area contributed by atoms with Crippen LogP contribution in [0.3, 0.4) is 0 Å². The molecule has 7 aliphatic rings. The molecule has 0 radical (unpaired) electrons. The van der Waals surface area contributed by atoms with Crippen LogP contribution in [0.25, 0.3) is 16.7 Å². The van der Waals surface area contributed by atoms with Gasteiger partial charge in [-0.1, -0.05) is 75.2 Å². The van der Waals surface area contributed by atoms with Crippen LogP contribution in [0.15, 0.2) is 70.8 Å². The smallest absolute Gasteiger partial charge is 0.407 e. The van der Waals surface area contributed by atoms with Gasteiger partial charge in [-0.25, -0.2) is 4.79 Å². The van der Waals surface area contributed by atoms with E-state index in [2.05, 4.69) is 30.4 Å². The van der Waals surface area contributed by atoms with Gasteiger partial charge in [-0.05, 0) is 116 Å². The summed E-state index contributed by atoms with van der Waals surface area (Å²) in [5.74, 6) is -3.11. The SMILES string of the molecule is COC(=O)C[C@@H](C(C)C)[N+](=O)N1[C@@H]2CC[C@@H](C2)[C@H]1C1=Nc2ccc(C)cc2C1.COC(=O)N[C@H](C(=O)N1CC2(CC2)CC1C1=NC=C(c2ccc3c(c2)C(F)(F)c2cc(C)ccc2-3)C1)C(C)C. The predicted molar refractivity (Wildman–Crippen MR) is 253 cm³/mol. The minimum Gasteiger partial charge on any atom is -0.469 e. The maximum absolute atomic E-state index is 15.5. The molecule has 10 rings (SSSR count). The second-order valence-corrected chi connectivity index (χ2v) is 20.7. The number of esters is 1. The number of fused-ring (bicyclic) bond motifs is 6. The number of hydrogen-bond donors (Lipinski definition) is 1. The van der Waals surface area contributed by atoms with E-state index in [1.54, 1.807) is 30.5 Å². The van der Waals surface area contributed by atoms with Gasteiger partial charge in [-0.3, -0.25) is 19.6 Å². The Hall–Kier alpha value is -5.79. The van der Waals surface area contributed by atoms with Crippen molar-refractivity contribution in [3.05, 3.63) is 99.1 Å². The normalized spacial score (nSPS) is 24.0. The highest BCUT2D eigenvalue weighted by molar-refractivity contribution is 6.04. The summed E-state index contributed by atoms with van der Waals surface area (Å²) in [5.41, 5.74) is 9.25. The number of rotatable bonds is 11. The Kier molecular flexibility index (Phi) is 12.2. The van der Waals surface area contributed by atoms with E-state index in [9.17, 15) is 19.3 Å². The largest absolute Gasteiger partial charge is 0.469 e. The van der Waals surface area contributed by atoms with Gasteiger partial charge in [0.2, 0.25) is 11.9 Å². The molecule has 1 unspecified atom stereocenters. The van der Waals surface area contributed by atoms with Gasteiger partial charge in [0, 0.05) is 48.3 Å². The molecule has 354 valence electrons. The number of alkyl halides is 2. The number of nitroso groups, excluding NO2 is 1. The van der Waals surface area contributed by atoms with Gasteiger partial charge in [0.05, 0.1) is 42.6 Å². The molecule has 1 N–H and O–H groups in total. The van der Waals surface area contributed by atoms with Crippen molar-refractivity contribution < 1.29 is 37.5 Å². The van der Waals surface area contributed by atoms with Crippen LogP contribution in [0, 0.1) is 41.9 Å². The van der Waals surface area contributed by atoms with E-state index in [1.165, 1.54) is 25.3 Å². The molecule has 2 saturated carbocycles. The summed E-state index contributed by atoms with van der Waals surface area (Å²) in [6.45, 7) is 12.3. The number of aliphatic imine (C=N–C) groups is 2. The van der Waals surface area contributed by atoms with Crippen LogP contribution in [0.1, 0.15) is 112 Å². The summed E-state index contributed by atoms with van der Waals surface area (Å²) in [7, 11) is 2.66. The summed E-state index contributed by atoms with van der Waals surface area (Å²) < 4.78 is 40.5. The second-order valence-electron chi connectivity index (χ2n) is 20.7. The average Bonchev–Trinajstić information content (AvgIpc) is 3.96. The van der Waals surface area contributed by atoms with Gasteiger partial charge in [0.1, 0.15) is 23.4 Å². The van der Waals surface area contributed by atoms with E-state index in [0.29, 0.717) is 30.0 Å². The lowest BCUT2D eigenvalue weighted by Crippen LogP contribution is -2.54. The zero-order valence-corrected chi connectivity index (χ0v) is 39.9. The third-order valence-corrected chi connectivity index (χ3v) is 15.5. The highest BCUT2D eigenvalue weighted by Gasteiger charge is 2.58. The van der Waals surface area contributed by atoms with Crippen molar-refractivity contribution in [1.29, 1.82) is 0 Å². The van der Waals surface area contributed by atoms with Crippen LogP contribution in [0.5, 0.6) is 0 Å². The molecular weight excluding hydrogens is 855 g/mol. The van der Waals surface area contributed by atoms with Crippen LogP contribution in [0.4, 0.5) is 19.3 Å². The number of carbonyl (C=O) groups is 3. The molecule has 1 spiro atoms. The first kappa shape index (κ1) is 46.3. The maximum atomic E-state index is 15.5. The van der Waals surface area contributed by atoms with Gasteiger partial charge in [-0.15, -0.1) is 5.01 Å². The lowest BCUT2D eigenvalue weighted by molar-refractivity contribution is -0.747. The van der Waals surface area contributed by atoms with Crippen LogP contribution in [-0.2, 0) is 31.4 Å². The summed E-state index contributed by atoms with van der Waals surface area (Å²) >= 11 is 0. The number of likely N-dealkylation sites (tertiary alicyclic amines) is 1. The molecule has 3 aromatic carbocycles. The molecule has 4 fully saturated rings. The molecule has 0 aromatic heterocycles. The minimum atomic E-state index is -3.05. The molecule has 6 atom stereocenters. The van der Waals surface area contributed by atoms with Crippen LogP contribution >= 0.6 is 0 Å². The summed E-state index contributed by atoms with van der Waals surface area (Å²) in [5, 5.41) is 4.72. The van der Waals surface area contributed by atoms with E-state index >= 15 is 8.78 Å². The number of halogens is 2. The fraction of sp³-hybridized carbons (Fsp3) is 0.528. The van der Waals surface area contributed by atoms with E-state index in [4.69, 9.17) is 19.5 Å². The zero-order chi connectivity index (χ0) is 47.7. The molecule has 2 bridgehead atoms. The quantitative estimate of drug-likeness (QED) is 0.150. The number of ether oxygens (including phenoxy) is 2. The Labute approximate surface area is 391 Å². The van der Waals surface area contributed by atoms with Crippen molar-refractivity contribution >= 4 is 40.7 Å². The monoisotopic (exact) mass is 917 g/mol. The predicted octanol–water partition coefficient (Wildman–Crippen LogP) is 9.82.